The summed E-state index contributed by atoms with van der Waals surface area (Å²) in [6, 6.07) is 76.8. The molecule has 0 amide bonds. The molecule has 0 spiro atoms. The molecule has 15 rings (SSSR count). The van der Waals surface area contributed by atoms with Gasteiger partial charge in [0.25, 0.3) is 0 Å². The van der Waals surface area contributed by atoms with Crippen LogP contribution in [-0.4, -0.2) is 19.5 Å². The fourth-order valence-corrected chi connectivity index (χ4v) is 10.8. The first-order chi connectivity index (χ1) is 34.2. The van der Waals surface area contributed by atoms with Crippen LogP contribution in [0.2, 0.25) is 0 Å². The molecule has 0 aliphatic rings. The van der Waals surface area contributed by atoms with Crippen molar-refractivity contribution in [2.24, 2.45) is 0 Å². The summed E-state index contributed by atoms with van der Waals surface area (Å²) in [5.74, 6) is 1.64. The van der Waals surface area contributed by atoms with E-state index in [4.69, 9.17) is 23.8 Å². The van der Waals surface area contributed by atoms with Crippen molar-refractivity contribution in [2.75, 3.05) is 0 Å². The van der Waals surface area contributed by atoms with Gasteiger partial charge in [0.05, 0.1) is 16.6 Å². The molecule has 320 valence electrons. The summed E-state index contributed by atoms with van der Waals surface area (Å²) in [5, 5.41) is 13.1. The van der Waals surface area contributed by atoms with Crippen molar-refractivity contribution < 1.29 is 8.83 Å². The highest BCUT2D eigenvalue weighted by molar-refractivity contribution is 6.27. The van der Waals surface area contributed by atoms with Gasteiger partial charge >= 0.3 is 0 Å². The van der Waals surface area contributed by atoms with Crippen molar-refractivity contribution in [1.82, 2.24) is 19.5 Å². The average Bonchev–Trinajstić information content (AvgIpc) is 4.08. The first kappa shape index (κ1) is 37.8. The second kappa shape index (κ2) is 14.6. The third-order valence-electron chi connectivity index (χ3n) is 14.0. The number of para-hydroxylation sites is 2. The molecule has 0 radical (unpaired) electrons. The summed E-state index contributed by atoms with van der Waals surface area (Å²) in [4.78, 5) is 16.5. The van der Waals surface area contributed by atoms with Crippen LogP contribution in [0.15, 0.2) is 227 Å². The third-order valence-corrected chi connectivity index (χ3v) is 14.0. The van der Waals surface area contributed by atoms with Crippen LogP contribution in [-0.2, 0) is 0 Å². The molecule has 0 saturated heterocycles. The highest BCUT2D eigenvalue weighted by atomic mass is 16.3. The summed E-state index contributed by atoms with van der Waals surface area (Å²) >= 11 is 0. The molecule has 6 nitrogen and oxygen atoms in total. The van der Waals surface area contributed by atoms with Crippen LogP contribution < -0.4 is 0 Å². The summed E-state index contributed by atoms with van der Waals surface area (Å²) in [7, 11) is 0. The standard InChI is InChI=1S/C63H36N4O2/c1-2-15-37(16-3-1)38-21-14-22-43(31-38)61-64-62(44-29-30-56-51(34-44)45-23-10-12-27-54(45)68-56)66-63(65-61)58-47-25-9-8-24-46(47)57-48-26-11-13-28-55(48)69-60(57)59(58)67-52-35-41-19-6-4-17-39(41)32-49(52)50-33-40-18-5-7-20-42(40)36-53(50)67/h1-36H. The van der Waals surface area contributed by atoms with Crippen molar-refractivity contribution in [3.63, 3.8) is 0 Å². The highest BCUT2D eigenvalue weighted by Crippen LogP contribution is 2.48. The van der Waals surface area contributed by atoms with Gasteiger partial charge in [0.15, 0.2) is 23.1 Å². The highest BCUT2D eigenvalue weighted by Gasteiger charge is 2.28. The van der Waals surface area contributed by atoms with Gasteiger partial charge in [-0.1, -0.05) is 158 Å². The molecule has 4 heterocycles. The Bertz CT molecular complexity index is 4530. The van der Waals surface area contributed by atoms with Crippen LogP contribution in [0, 0.1) is 0 Å². The lowest BCUT2D eigenvalue weighted by atomic mass is 9.96. The first-order valence-corrected chi connectivity index (χ1v) is 23.2. The number of aromatic nitrogens is 4. The van der Waals surface area contributed by atoms with Crippen LogP contribution in [0.25, 0.3) is 149 Å². The Morgan fingerprint density at radius 2 is 0.812 bits per heavy atom. The number of hydrogen-bond donors (Lipinski definition) is 0. The van der Waals surface area contributed by atoms with Gasteiger partial charge in [-0.15, -0.1) is 0 Å². The molecule has 0 atom stereocenters. The van der Waals surface area contributed by atoms with Gasteiger partial charge in [-0.2, -0.15) is 0 Å². The van der Waals surface area contributed by atoms with Crippen LogP contribution in [0.1, 0.15) is 0 Å². The van der Waals surface area contributed by atoms with Gasteiger partial charge in [0.2, 0.25) is 0 Å². The number of fused-ring (bicyclic) bond motifs is 13. The molecule has 4 aromatic heterocycles. The van der Waals surface area contributed by atoms with E-state index in [0.29, 0.717) is 17.5 Å². The molecule has 0 N–H and O–H groups in total. The SMILES string of the molecule is c1ccc(-c2cccc(-c3nc(-c4ccc5oc6ccccc6c5c4)nc(-c4c(-n5c6cc7ccccc7cc6c6cc7ccccc7cc65)c5oc6ccccc6c5c5ccccc45)n3)c2)cc1. The summed E-state index contributed by atoms with van der Waals surface area (Å²) < 4.78 is 16.0. The smallest absolute Gasteiger partial charge is 0.166 e. The van der Waals surface area contributed by atoms with E-state index >= 15 is 0 Å². The van der Waals surface area contributed by atoms with Gasteiger partial charge in [-0.3, -0.25) is 0 Å². The van der Waals surface area contributed by atoms with Crippen molar-refractivity contribution in [3.8, 4) is 51.0 Å². The minimum atomic E-state index is 0.530. The molecule has 0 bridgehead atoms. The van der Waals surface area contributed by atoms with Gasteiger partial charge < -0.3 is 13.4 Å². The lowest BCUT2D eigenvalue weighted by Gasteiger charge is -2.18. The van der Waals surface area contributed by atoms with E-state index in [0.717, 1.165) is 121 Å². The van der Waals surface area contributed by atoms with Crippen LogP contribution in [0.5, 0.6) is 0 Å². The van der Waals surface area contributed by atoms with Crippen LogP contribution >= 0.6 is 0 Å². The van der Waals surface area contributed by atoms with E-state index in [9.17, 15) is 0 Å². The maximum absolute atomic E-state index is 7.22. The van der Waals surface area contributed by atoms with E-state index in [1.165, 1.54) is 10.8 Å². The molecule has 0 saturated carbocycles. The van der Waals surface area contributed by atoms with E-state index < -0.39 is 0 Å². The second-order valence-corrected chi connectivity index (χ2v) is 17.9. The third kappa shape index (κ3) is 5.76. The summed E-state index contributed by atoms with van der Waals surface area (Å²) in [6.45, 7) is 0. The largest absolute Gasteiger partial charge is 0.456 e. The van der Waals surface area contributed by atoms with E-state index in [1.54, 1.807) is 0 Å². The fourth-order valence-electron chi connectivity index (χ4n) is 10.8. The van der Waals surface area contributed by atoms with Crippen molar-refractivity contribution >= 4 is 98.0 Å². The maximum Gasteiger partial charge on any atom is 0.166 e. The lowest BCUT2D eigenvalue weighted by molar-refractivity contribution is 0.666. The monoisotopic (exact) mass is 880 g/mol. The first-order valence-electron chi connectivity index (χ1n) is 23.2. The number of rotatable bonds is 5. The van der Waals surface area contributed by atoms with Crippen molar-refractivity contribution in [2.45, 2.75) is 0 Å². The van der Waals surface area contributed by atoms with Gasteiger partial charge in [-0.05, 0) is 104 Å². The molecular formula is C63H36N4O2. The molecule has 0 unspecified atom stereocenters. The zero-order valence-corrected chi connectivity index (χ0v) is 36.9. The molecule has 0 aliphatic carbocycles. The van der Waals surface area contributed by atoms with Gasteiger partial charge in [0, 0.05) is 43.4 Å². The van der Waals surface area contributed by atoms with E-state index in [2.05, 4.69) is 187 Å². The number of benzene rings is 11. The fraction of sp³-hybridized carbons (Fsp3) is 0. The molecule has 6 heteroatoms. The normalized spacial score (nSPS) is 12.1. The number of furan rings is 2. The number of hydrogen-bond acceptors (Lipinski definition) is 5. The Labute approximate surface area is 394 Å². The zero-order chi connectivity index (χ0) is 45.2. The van der Waals surface area contributed by atoms with E-state index in [-0.39, 0.29) is 0 Å². The Hall–Kier alpha value is -9.39. The van der Waals surface area contributed by atoms with Crippen molar-refractivity contribution in [1.29, 1.82) is 0 Å². The van der Waals surface area contributed by atoms with Crippen molar-refractivity contribution in [3.05, 3.63) is 218 Å². The molecule has 69 heavy (non-hydrogen) atoms. The predicted molar refractivity (Wildman–Crippen MR) is 283 cm³/mol. The lowest BCUT2D eigenvalue weighted by Crippen LogP contribution is -2.05. The maximum atomic E-state index is 7.22. The predicted octanol–water partition coefficient (Wildman–Crippen LogP) is 16.9. The minimum absolute atomic E-state index is 0.530. The quantitative estimate of drug-likeness (QED) is 0.172. The zero-order valence-electron chi connectivity index (χ0n) is 36.9. The molecule has 15 aromatic rings. The topological polar surface area (TPSA) is 69.9 Å². The Kier molecular flexibility index (Phi) is 7.97. The number of nitrogens with zero attached hydrogens (tertiary/aromatic N) is 4. The molecule has 11 aromatic carbocycles. The second-order valence-electron chi connectivity index (χ2n) is 17.9. The van der Waals surface area contributed by atoms with E-state index in [1.807, 2.05) is 36.4 Å². The van der Waals surface area contributed by atoms with Crippen LogP contribution in [0.4, 0.5) is 0 Å². The molecule has 0 fully saturated rings. The van der Waals surface area contributed by atoms with Crippen LogP contribution in [0.3, 0.4) is 0 Å². The Morgan fingerprint density at radius 3 is 1.51 bits per heavy atom. The Morgan fingerprint density at radius 1 is 0.304 bits per heavy atom. The average molecular weight is 881 g/mol. The van der Waals surface area contributed by atoms with Gasteiger partial charge in [-0.25, -0.2) is 15.0 Å². The summed E-state index contributed by atoms with van der Waals surface area (Å²) in [5.41, 5.74) is 10.9. The summed E-state index contributed by atoms with van der Waals surface area (Å²) in [6.07, 6.45) is 0. The molecular weight excluding hydrogens is 845 g/mol. The van der Waals surface area contributed by atoms with Gasteiger partial charge in [0.1, 0.15) is 22.4 Å². The Balaban J connectivity index is 1.12. The molecule has 0 aliphatic heterocycles. The minimum Gasteiger partial charge on any atom is -0.456 e.